The van der Waals surface area contributed by atoms with Crippen LogP contribution in [0.4, 0.5) is 4.39 Å². The van der Waals surface area contributed by atoms with E-state index in [9.17, 15) is 4.39 Å². The number of hydrogen-bond acceptors (Lipinski definition) is 4. The Morgan fingerprint density at radius 1 is 1.00 bits per heavy atom. The van der Waals surface area contributed by atoms with E-state index >= 15 is 0 Å². The van der Waals surface area contributed by atoms with E-state index in [0.29, 0.717) is 41.0 Å². The molecule has 0 aliphatic heterocycles. The molecular weight excluding hydrogens is 305 g/mol. The number of benzene rings is 2. The van der Waals surface area contributed by atoms with Gasteiger partial charge < -0.3 is 9.73 Å². The number of nitrogens with one attached hydrogen (secondary N) is 1. The van der Waals surface area contributed by atoms with Crippen LogP contribution in [-0.2, 0) is 13.1 Å². The molecular formula is C16H13ClFN3O. The second-order valence-electron chi connectivity index (χ2n) is 4.68. The summed E-state index contributed by atoms with van der Waals surface area (Å²) in [5.74, 6) is 0.553. The summed E-state index contributed by atoms with van der Waals surface area (Å²) in [6.07, 6.45) is 0. The van der Waals surface area contributed by atoms with Crippen LogP contribution in [0.2, 0.25) is 5.02 Å². The van der Waals surface area contributed by atoms with Gasteiger partial charge in [-0.1, -0.05) is 41.9 Å². The molecule has 0 fully saturated rings. The zero-order chi connectivity index (χ0) is 15.4. The van der Waals surface area contributed by atoms with Crippen LogP contribution in [0.15, 0.2) is 52.9 Å². The molecule has 1 aromatic heterocycles. The minimum absolute atomic E-state index is 0.239. The summed E-state index contributed by atoms with van der Waals surface area (Å²) in [7, 11) is 0. The van der Waals surface area contributed by atoms with E-state index in [-0.39, 0.29) is 5.82 Å². The summed E-state index contributed by atoms with van der Waals surface area (Å²) < 4.78 is 19.0. The fourth-order valence-corrected chi connectivity index (χ4v) is 2.23. The Morgan fingerprint density at radius 3 is 2.59 bits per heavy atom. The average molecular weight is 318 g/mol. The fraction of sp³-hybridized carbons (Fsp3) is 0.125. The molecule has 4 nitrogen and oxygen atoms in total. The minimum atomic E-state index is -0.239. The molecule has 1 N–H and O–H groups in total. The van der Waals surface area contributed by atoms with Crippen LogP contribution in [0, 0.1) is 5.82 Å². The third kappa shape index (κ3) is 3.32. The number of rotatable bonds is 5. The lowest BCUT2D eigenvalue weighted by atomic mass is 10.2. The van der Waals surface area contributed by atoms with E-state index in [1.807, 2.05) is 18.2 Å². The quantitative estimate of drug-likeness (QED) is 0.777. The number of hydrogen-bond donors (Lipinski definition) is 1. The Morgan fingerprint density at radius 2 is 1.77 bits per heavy atom. The zero-order valence-corrected chi connectivity index (χ0v) is 12.3. The molecule has 22 heavy (non-hydrogen) atoms. The maximum absolute atomic E-state index is 13.5. The highest BCUT2D eigenvalue weighted by atomic mass is 35.5. The molecule has 0 amide bonds. The van der Waals surface area contributed by atoms with Gasteiger partial charge in [-0.3, -0.25) is 0 Å². The van der Waals surface area contributed by atoms with Gasteiger partial charge in [-0.05, 0) is 18.2 Å². The van der Waals surface area contributed by atoms with Gasteiger partial charge in [-0.25, -0.2) is 4.39 Å². The number of aromatic nitrogens is 2. The van der Waals surface area contributed by atoms with E-state index in [4.69, 9.17) is 16.0 Å². The third-order valence-electron chi connectivity index (χ3n) is 3.12. The molecule has 0 bridgehead atoms. The molecule has 6 heteroatoms. The second kappa shape index (κ2) is 6.68. The Balaban J connectivity index is 1.63. The van der Waals surface area contributed by atoms with Gasteiger partial charge in [-0.2, -0.15) is 0 Å². The van der Waals surface area contributed by atoms with Crippen LogP contribution >= 0.6 is 11.6 Å². The first-order valence-corrected chi connectivity index (χ1v) is 7.13. The molecule has 0 saturated carbocycles. The van der Waals surface area contributed by atoms with Crippen molar-refractivity contribution in [3.63, 3.8) is 0 Å². The number of nitrogens with zero attached hydrogens (tertiary/aromatic N) is 2. The summed E-state index contributed by atoms with van der Waals surface area (Å²) in [4.78, 5) is 0. The van der Waals surface area contributed by atoms with Crippen molar-refractivity contribution in [1.29, 1.82) is 0 Å². The molecule has 2 aromatic carbocycles. The van der Waals surface area contributed by atoms with Crippen LogP contribution in [-0.4, -0.2) is 10.2 Å². The van der Waals surface area contributed by atoms with Gasteiger partial charge in [0.1, 0.15) is 5.82 Å². The lowest BCUT2D eigenvalue weighted by molar-refractivity contribution is 0.474. The fourth-order valence-electron chi connectivity index (χ4n) is 2.01. The monoisotopic (exact) mass is 317 g/mol. The molecule has 112 valence electrons. The normalized spacial score (nSPS) is 10.8. The van der Waals surface area contributed by atoms with E-state index in [2.05, 4.69) is 15.5 Å². The van der Waals surface area contributed by atoms with Crippen LogP contribution < -0.4 is 5.32 Å². The van der Waals surface area contributed by atoms with E-state index in [0.717, 1.165) is 0 Å². The summed E-state index contributed by atoms with van der Waals surface area (Å²) >= 11 is 6.08. The van der Waals surface area contributed by atoms with Crippen LogP contribution in [0.25, 0.3) is 11.5 Å². The molecule has 0 unspecified atom stereocenters. The van der Waals surface area contributed by atoms with Crippen molar-refractivity contribution in [3.05, 3.63) is 70.8 Å². The van der Waals surface area contributed by atoms with Gasteiger partial charge in [0.2, 0.25) is 11.8 Å². The van der Waals surface area contributed by atoms with Crippen molar-refractivity contribution in [2.45, 2.75) is 13.1 Å². The van der Waals surface area contributed by atoms with Crippen molar-refractivity contribution >= 4 is 11.6 Å². The molecule has 0 aliphatic rings. The lowest BCUT2D eigenvalue weighted by Gasteiger charge is -2.03. The molecule has 3 rings (SSSR count). The van der Waals surface area contributed by atoms with Crippen LogP contribution in [0.5, 0.6) is 0 Å². The minimum Gasteiger partial charge on any atom is -0.419 e. The van der Waals surface area contributed by atoms with Crippen molar-refractivity contribution in [2.24, 2.45) is 0 Å². The average Bonchev–Trinajstić information content (AvgIpc) is 2.98. The third-order valence-corrected chi connectivity index (χ3v) is 3.45. The molecule has 0 aliphatic carbocycles. The SMILES string of the molecule is Fc1ccccc1CNCc1nnc(-c2ccccc2Cl)o1. The summed E-state index contributed by atoms with van der Waals surface area (Å²) in [5, 5.41) is 11.6. The van der Waals surface area contributed by atoms with Gasteiger partial charge in [-0.15, -0.1) is 10.2 Å². The van der Waals surface area contributed by atoms with Crippen molar-refractivity contribution in [3.8, 4) is 11.5 Å². The van der Waals surface area contributed by atoms with E-state index < -0.39 is 0 Å². The smallest absolute Gasteiger partial charge is 0.249 e. The van der Waals surface area contributed by atoms with Crippen LogP contribution in [0.3, 0.4) is 0 Å². The van der Waals surface area contributed by atoms with Crippen molar-refractivity contribution in [2.75, 3.05) is 0 Å². The molecule has 0 saturated heterocycles. The van der Waals surface area contributed by atoms with Gasteiger partial charge in [0.05, 0.1) is 17.1 Å². The highest BCUT2D eigenvalue weighted by molar-refractivity contribution is 6.33. The van der Waals surface area contributed by atoms with Gasteiger partial charge in [0, 0.05) is 12.1 Å². The van der Waals surface area contributed by atoms with E-state index in [1.165, 1.54) is 6.07 Å². The molecule has 0 atom stereocenters. The Bertz CT molecular complexity index is 775. The summed E-state index contributed by atoms with van der Waals surface area (Å²) in [6.45, 7) is 0.738. The van der Waals surface area contributed by atoms with Crippen molar-refractivity contribution < 1.29 is 8.81 Å². The largest absolute Gasteiger partial charge is 0.419 e. The highest BCUT2D eigenvalue weighted by Gasteiger charge is 2.11. The topological polar surface area (TPSA) is 51.0 Å². The maximum atomic E-state index is 13.5. The summed E-state index contributed by atoms with van der Waals surface area (Å²) in [6, 6.07) is 13.9. The first kappa shape index (κ1) is 14.7. The predicted octanol–water partition coefficient (Wildman–Crippen LogP) is 3.82. The molecule has 0 radical (unpaired) electrons. The Hall–Kier alpha value is -2.24. The highest BCUT2D eigenvalue weighted by Crippen LogP contribution is 2.26. The molecule has 1 heterocycles. The Labute approximate surface area is 131 Å². The number of halogens is 2. The maximum Gasteiger partial charge on any atom is 0.249 e. The second-order valence-corrected chi connectivity index (χ2v) is 5.08. The first-order valence-electron chi connectivity index (χ1n) is 6.75. The van der Waals surface area contributed by atoms with Crippen molar-refractivity contribution in [1.82, 2.24) is 15.5 Å². The molecule has 3 aromatic rings. The summed E-state index contributed by atoms with van der Waals surface area (Å²) in [5.41, 5.74) is 1.28. The zero-order valence-electron chi connectivity index (χ0n) is 11.6. The standard InChI is InChI=1S/C16H13ClFN3O/c17-13-7-3-2-6-12(13)16-21-20-15(22-16)10-19-9-11-5-1-4-8-14(11)18/h1-8,19H,9-10H2. The van der Waals surface area contributed by atoms with Gasteiger partial charge >= 0.3 is 0 Å². The Kier molecular flexibility index (Phi) is 4.46. The predicted molar refractivity (Wildman–Crippen MR) is 81.7 cm³/mol. The van der Waals surface area contributed by atoms with Crippen LogP contribution in [0.1, 0.15) is 11.5 Å². The lowest BCUT2D eigenvalue weighted by Crippen LogP contribution is -2.13. The van der Waals surface area contributed by atoms with Gasteiger partial charge in [0.25, 0.3) is 0 Å². The van der Waals surface area contributed by atoms with Gasteiger partial charge in [0.15, 0.2) is 0 Å². The first-order chi connectivity index (χ1) is 10.7. The van der Waals surface area contributed by atoms with E-state index in [1.54, 1.807) is 24.3 Å². The molecule has 0 spiro atoms.